The lowest BCUT2D eigenvalue weighted by Crippen LogP contribution is -2.32. The number of carboxylic acid groups (broad SMARTS) is 1. The number of hydrogen-bond acceptors (Lipinski definition) is 4. The minimum Gasteiger partial charge on any atom is -0.480 e. The SMILES string of the molecule is [2H]C(C=CN)SC[C@H](N)C(=O)O. The van der Waals surface area contributed by atoms with E-state index in [0.717, 1.165) is 11.8 Å². The van der Waals surface area contributed by atoms with Gasteiger partial charge in [0.25, 0.3) is 0 Å². The molecule has 0 aliphatic rings. The summed E-state index contributed by atoms with van der Waals surface area (Å²) in [7, 11) is 0. The summed E-state index contributed by atoms with van der Waals surface area (Å²) < 4.78 is 7.25. The third-order valence-electron chi connectivity index (χ3n) is 0.879. The van der Waals surface area contributed by atoms with Gasteiger partial charge in [-0.3, -0.25) is 4.79 Å². The van der Waals surface area contributed by atoms with Crippen LogP contribution in [-0.2, 0) is 4.79 Å². The first-order valence-electron chi connectivity index (χ1n) is 3.56. The zero-order valence-corrected chi connectivity index (χ0v) is 6.75. The third kappa shape index (κ3) is 5.75. The monoisotopic (exact) mass is 177 g/mol. The molecule has 0 rings (SSSR count). The highest BCUT2D eigenvalue weighted by atomic mass is 32.2. The van der Waals surface area contributed by atoms with Crippen LogP contribution < -0.4 is 11.5 Å². The van der Waals surface area contributed by atoms with Gasteiger partial charge in [-0.1, -0.05) is 6.08 Å². The molecule has 0 spiro atoms. The van der Waals surface area contributed by atoms with Crippen molar-refractivity contribution in [2.24, 2.45) is 11.5 Å². The lowest BCUT2D eigenvalue weighted by Gasteiger charge is -2.02. The summed E-state index contributed by atoms with van der Waals surface area (Å²) in [5, 5.41) is 8.38. The summed E-state index contributed by atoms with van der Waals surface area (Å²) in [5.41, 5.74) is 9.69. The fraction of sp³-hybridized carbons (Fsp3) is 0.500. The molecule has 11 heavy (non-hydrogen) atoms. The van der Waals surface area contributed by atoms with Crippen LogP contribution in [0.2, 0.25) is 0 Å². The van der Waals surface area contributed by atoms with E-state index < -0.39 is 17.7 Å². The Hall–Kier alpha value is -0.680. The van der Waals surface area contributed by atoms with Crippen LogP contribution in [0.4, 0.5) is 0 Å². The average molecular weight is 177 g/mol. The van der Waals surface area contributed by atoms with Crippen LogP contribution in [0, 0.1) is 0 Å². The Kier molecular flexibility index (Phi) is 4.64. The van der Waals surface area contributed by atoms with Gasteiger partial charge in [-0.15, -0.1) is 0 Å². The molecule has 0 radical (unpaired) electrons. The largest absolute Gasteiger partial charge is 0.480 e. The lowest BCUT2D eigenvalue weighted by molar-refractivity contribution is -0.137. The van der Waals surface area contributed by atoms with Crippen molar-refractivity contribution in [3.63, 3.8) is 0 Å². The van der Waals surface area contributed by atoms with Crippen molar-refractivity contribution >= 4 is 17.7 Å². The Morgan fingerprint density at radius 2 is 2.55 bits per heavy atom. The number of thioether (sulfide) groups is 1. The van der Waals surface area contributed by atoms with Crippen LogP contribution in [0.3, 0.4) is 0 Å². The minimum atomic E-state index is -1.05. The van der Waals surface area contributed by atoms with Gasteiger partial charge in [0, 0.05) is 12.9 Å². The summed E-state index contributed by atoms with van der Waals surface area (Å²) in [6, 6.07) is -0.908. The quantitative estimate of drug-likeness (QED) is 0.532. The van der Waals surface area contributed by atoms with E-state index in [0.29, 0.717) is 0 Å². The Morgan fingerprint density at radius 3 is 3.00 bits per heavy atom. The van der Waals surface area contributed by atoms with Crippen LogP contribution in [0.5, 0.6) is 0 Å². The summed E-state index contributed by atoms with van der Waals surface area (Å²) >= 11 is 1.13. The van der Waals surface area contributed by atoms with Crippen LogP contribution in [-0.4, -0.2) is 28.6 Å². The molecule has 0 aliphatic heterocycles. The Bertz CT molecular complexity index is 177. The standard InChI is InChI=1S/C6H12N2O2S/c7-2-1-3-11-4-5(8)6(9)10/h1-2,5H,3-4,7-8H2,(H,9,10)/t5-/m0/s1/i3D/t3?,5-. The van der Waals surface area contributed by atoms with E-state index >= 15 is 0 Å². The predicted octanol–water partition coefficient (Wildman–Crippen LogP) is -0.396. The smallest absolute Gasteiger partial charge is 0.321 e. The summed E-state index contributed by atoms with van der Waals surface area (Å²) in [6.45, 7) is 0. The molecule has 1 unspecified atom stereocenters. The second-order valence-electron chi connectivity index (χ2n) is 1.80. The molecule has 64 valence electrons. The molecule has 2 atom stereocenters. The van der Waals surface area contributed by atoms with E-state index in [9.17, 15) is 4.79 Å². The zero-order valence-electron chi connectivity index (χ0n) is 6.93. The van der Waals surface area contributed by atoms with E-state index in [1.54, 1.807) is 0 Å². The highest BCUT2D eigenvalue weighted by Gasteiger charge is 2.09. The maximum absolute atomic E-state index is 10.2. The summed E-state index contributed by atoms with van der Waals surface area (Å²) in [4.78, 5) is 10.2. The molecule has 0 aliphatic carbocycles. The number of carbonyl (C=O) groups is 1. The first-order chi connectivity index (χ1) is 5.57. The van der Waals surface area contributed by atoms with Crippen molar-refractivity contribution in [3.05, 3.63) is 12.3 Å². The molecule has 5 N–H and O–H groups in total. The highest BCUT2D eigenvalue weighted by Crippen LogP contribution is 2.01. The van der Waals surface area contributed by atoms with Gasteiger partial charge in [-0.05, 0) is 6.20 Å². The van der Waals surface area contributed by atoms with Gasteiger partial charge in [0.05, 0.1) is 0 Å². The molecule has 0 saturated heterocycles. The first-order valence-corrected chi connectivity index (χ1v) is 4.03. The fourth-order valence-electron chi connectivity index (χ4n) is 0.331. The number of carboxylic acids is 1. The highest BCUT2D eigenvalue weighted by molar-refractivity contribution is 7.99. The normalized spacial score (nSPS) is 17.7. The van der Waals surface area contributed by atoms with E-state index in [4.69, 9.17) is 17.9 Å². The summed E-state index contributed by atoms with van der Waals surface area (Å²) in [6.07, 6.45) is 2.72. The summed E-state index contributed by atoms with van der Waals surface area (Å²) in [5.74, 6) is -0.833. The van der Waals surface area contributed by atoms with E-state index in [2.05, 4.69) is 0 Å². The van der Waals surface area contributed by atoms with Crippen molar-refractivity contribution in [2.75, 3.05) is 11.5 Å². The molecule has 0 heterocycles. The van der Waals surface area contributed by atoms with Crippen LogP contribution in [0.25, 0.3) is 0 Å². The molecular weight excluding hydrogens is 164 g/mol. The lowest BCUT2D eigenvalue weighted by atomic mass is 10.4. The molecule has 0 amide bonds. The average Bonchev–Trinajstić information content (AvgIpc) is 2.00. The van der Waals surface area contributed by atoms with Crippen molar-refractivity contribution in [3.8, 4) is 0 Å². The molecule has 0 bridgehead atoms. The molecule has 0 aromatic carbocycles. The Morgan fingerprint density at radius 1 is 1.91 bits per heavy atom. The van der Waals surface area contributed by atoms with E-state index in [1.165, 1.54) is 12.3 Å². The third-order valence-corrected chi connectivity index (χ3v) is 1.78. The number of rotatable bonds is 5. The van der Waals surface area contributed by atoms with Gasteiger partial charge in [-0.25, -0.2) is 0 Å². The first kappa shape index (κ1) is 8.42. The topological polar surface area (TPSA) is 89.3 Å². The van der Waals surface area contributed by atoms with Gasteiger partial charge in [0.15, 0.2) is 0 Å². The van der Waals surface area contributed by atoms with Crippen LogP contribution in [0.15, 0.2) is 12.3 Å². The van der Waals surface area contributed by atoms with Gasteiger partial charge < -0.3 is 16.6 Å². The van der Waals surface area contributed by atoms with Crippen molar-refractivity contribution in [1.82, 2.24) is 0 Å². The molecule has 0 fully saturated rings. The zero-order chi connectivity index (χ0) is 9.56. The molecule has 0 saturated carbocycles. The molecule has 4 nitrogen and oxygen atoms in total. The molecular formula is C6H12N2O2S. The van der Waals surface area contributed by atoms with Gasteiger partial charge in [0.1, 0.15) is 6.04 Å². The van der Waals surface area contributed by atoms with E-state index in [1.807, 2.05) is 0 Å². The predicted molar refractivity (Wildman–Crippen MR) is 46.3 cm³/mol. The number of nitrogens with two attached hydrogens (primary N) is 2. The van der Waals surface area contributed by atoms with Crippen molar-refractivity contribution in [2.45, 2.75) is 6.04 Å². The van der Waals surface area contributed by atoms with Crippen molar-refractivity contribution in [1.29, 1.82) is 0 Å². The maximum atomic E-state index is 10.2. The number of hydrogen-bond donors (Lipinski definition) is 3. The van der Waals surface area contributed by atoms with Crippen LogP contribution in [0.1, 0.15) is 1.37 Å². The molecule has 5 heteroatoms. The van der Waals surface area contributed by atoms with Gasteiger partial charge >= 0.3 is 5.97 Å². The molecule has 0 aromatic rings. The van der Waals surface area contributed by atoms with Crippen molar-refractivity contribution < 1.29 is 11.3 Å². The Labute approximate surface area is 71.0 Å². The van der Waals surface area contributed by atoms with E-state index in [-0.39, 0.29) is 5.75 Å². The maximum Gasteiger partial charge on any atom is 0.321 e. The Balaban J connectivity index is 3.60. The second-order valence-corrected chi connectivity index (χ2v) is 2.74. The van der Waals surface area contributed by atoms with Crippen LogP contribution >= 0.6 is 11.8 Å². The molecule has 0 aromatic heterocycles. The second kappa shape index (κ2) is 6.06. The van der Waals surface area contributed by atoms with Gasteiger partial charge in [-0.2, -0.15) is 11.8 Å². The fourth-order valence-corrected chi connectivity index (χ4v) is 0.994. The minimum absolute atomic E-state index is 0.216. The number of aliphatic carboxylic acids is 1. The van der Waals surface area contributed by atoms with Gasteiger partial charge in [0.2, 0.25) is 0 Å².